The summed E-state index contributed by atoms with van der Waals surface area (Å²) >= 11 is 47.5. The molecule has 0 saturated heterocycles. The molecule has 2 nitrogen and oxygen atoms in total. The summed E-state index contributed by atoms with van der Waals surface area (Å²) in [7, 11) is 18.6. The predicted molar refractivity (Wildman–Crippen MR) is 664 cm³/mol. The molecule has 7 heterocycles. The van der Waals surface area contributed by atoms with Crippen LogP contribution in [0.15, 0.2) is 370 Å². The molecule has 2 aliphatic carbocycles. The zero-order valence-corrected chi connectivity index (χ0v) is 105. The number of thiophene rings is 7. The van der Waals surface area contributed by atoms with Crippen LogP contribution in [0.25, 0.3) is 124 Å². The normalized spacial score (nSPS) is 13.6. The number of allylic oxidation sites excluding steroid dienone is 4. The molecule has 0 unspecified atom stereocenters. The molecule has 12 aromatic carbocycles. The molecule has 2 aliphatic rings. The van der Waals surface area contributed by atoms with Gasteiger partial charge in [0.1, 0.15) is 0 Å². The van der Waals surface area contributed by atoms with Gasteiger partial charge >= 0.3 is 61.5 Å². The summed E-state index contributed by atoms with van der Waals surface area (Å²) in [6.45, 7) is 5.72. The van der Waals surface area contributed by atoms with Crippen molar-refractivity contribution in [3.63, 3.8) is 0 Å². The third kappa shape index (κ3) is 31.3. The number of hydrogen-bond acceptors (Lipinski definition) is 11. The maximum absolute atomic E-state index is 16.2. The number of halogens is 22. The molecule has 21 rings (SSSR count). The van der Waals surface area contributed by atoms with Gasteiger partial charge < -0.3 is 17.0 Å². The van der Waals surface area contributed by atoms with Crippen molar-refractivity contribution in [3.05, 3.63) is 388 Å². The van der Waals surface area contributed by atoms with E-state index in [-0.39, 0.29) is 50.5 Å². The third-order valence-electron chi connectivity index (χ3n) is 20.2. The van der Waals surface area contributed by atoms with Gasteiger partial charge in [-0.15, -0.1) is 79.4 Å². The Morgan fingerprint density at radius 3 is 0.810 bits per heavy atom. The van der Waals surface area contributed by atoms with Crippen LogP contribution in [-0.2, 0) is 129 Å². The molecular formula is C100H66BBr8F14LiO2S21. The summed E-state index contributed by atoms with van der Waals surface area (Å²) in [6, 6.07) is 104. The van der Waals surface area contributed by atoms with Crippen molar-refractivity contribution in [1.82, 2.24) is 0 Å². The molecule has 2 N–H and O–H groups in total. The van der Waals surface area contributed by atoms with E-state index in [1.807, 2.05) is 53.0 Å². The van der Waals surface area contributed by atoms with Crippen molar-refractivity contribution >= 4 is 426 Å². The topological polar surface area (TPSA) is 40.5 Å². The minimum atomic E-state index is -6.06. The number of hydrogen-bond donors (Lipinski definition) is 2. The number of unbranched alkanes of at least 4 members (excludes halogenated alkanes) is 1. The molecule has 0 atom stereocenters. The van der Waals surface area contributed by atoms with E-state index >= 15 is 26.3 Å². The van der Waals surface area contributed by atoms with Gasteiger partial charge in [0, 0.05) is 273 Å². The molecule has 0 aliphatic heterocycles. The van der Waals surface area contributed by atoms with Gasteiger partial charge in [-0.05, 0) is 183 Å². The first-order valence-corrected chi connectivity index (χ1v) is 73.0. The molecule has 47 heteroatoms. The first-order chi connectivity index (χ1) is 70.1. The van der Waals surface area contributed by atoms with E-state index in [0.717, 1.165) is 38.0 Å². The second kappa shape index (κ2) is 60.8. The smallest absolute Gasteiger partial charge is 0.423 e. The van der Waals surface area contributed by atoms with E-state index in [0.29, 0.717) is 26.0 Å². The van der Waals surface area contributed by atoms with E-state index in [1.165, 1.54) is 124 Å². The average molecular weight is 2900 g/mol. The van der Waals surface area contributed by atoms with Crippen LogP contribution in [0, 0.1) is 6.92 Å². The summed E-state index contributed by atoms with van der Waals surface area (Å²) in [4.78, 5) is 3.07. The van der Waals surface area contributed by atoms with Crippen LogP contribution >= 0.6 is 203 Å². The minimum Gasteiger partial charge on any atom is -0.423 e. The van der Waals surface area contributed by atoms with E-state index in [2.05, 4.69) is 307 Å². The van der Waals surface area contributed by atoms with Gasteiger partial charge in [0.25, 0.3) is 0 Å². The molecule has 0 saturated carbocycles. The SMILES string of the molecule is BrBr.Brc1c(-c2ccccc2)sc2ccccc12.Brc1c(-c2ccccc2)sc2ccccc12.Brc1sc2ccccc2c1Br.Brc1sc2ccccc2c1Br.FC1(F)C(c2c(-c3ccccc3)sc3ccccc23)=C(c2c(-c3ccccc3)sc3ccccc23)C(F)(F)C1(F)F.FC1=C(F)C(F)(F)C(F)(F)C1(F)F.OB(O)c1ccccc1.S=S=S=S=S=S=S=S=S=S=S=S=S=S.[CH2-]CCC.[Li+].c1ccc2sccc2c1. The van der Waals surface area contributed by atoms with Gasteiger partial charge in [0.05, 0.1) is 16.5 Å². The molecule has 0 amide bonds. The van der Waals surface area contributed by atoms with Crippen molar-refractivity contribution in [2.75, 3.05) is 0 Å². The van der Waals surface area contributed by atoms with Crippen molar-refractivity contribution in [3.8, 4) is 41.8 Å². The van der Waals surface area contributed by atoms with E-state index in [4.69, 9.17) is 32.4 Å². The largest absolute Gasteiger partial charge is 1.00 e. The Labute approximate surface area is 987 Å². The number of fused-ring (bicyclic) bond motifs is 7. The van der Waals surface area contributed by atoms with Gasteiger partial charge in [-0.2, -0.15) is 59.1 Å². The average Bonchev–Trinajstić information content (AvgIpc) is 1.51. The van der Waals surface area contributed by atoms with Crippen LogP contribution in [0.3, 0.4) is 0 Å². The molecule has 762 valence electrons. The molecule has 0 spiro atoms. The fourth-order valence-corrected chi connectivity index (χ4v) is 52.8. The van der Waals surface area contributed by atoms with E-state index in [1.54, 1.807) is 244 Å². The Hall–Kier alpha value is -3.64. The summed E-state index contributed by atoms with van der Waals surface area (Å²) in [5.41, 5.74) is 0.787. The first-order valence-electron chi connectivity index (χ1n) is 41.5. The van der Waals surface area contributed by atoms with Crippen LogP contribution in [-0.4, -0.2) is 52.7 Å². The standard InChI is InChI=1S/C33H18F6S2.2C14H9BrS.2C8H4Br2S.C8H6S.C6H7BO2.C5F8.C4H9.Br2.Li.S14/c34-31(35)27(25-21-15-7-9-17-23(21)40-29(25)19-11-3-1-4-12-19)28(32(36,37)33(31,38)39)26-22-16-8-10-18-24(22)41-30(26)20-13-5-2-6-14-20;2*15-13-11-8-4-5-9-12(11)16-14(13)10-6-2-1-3-7-10;2*9-7-5-3-1-2-4-6(5)11-8(7)10;1-2-4-8-7(3-1)5-6-9-8;8-7(9)6-4-2-1-3-5-6;6-1-2(7)4(10,11)5(12,13)3(1,8)9;1-3-4-2;1-2;;1-3-5-7-9-11-13-14-12-10-8-6-4-2/h1-18H;2*1-9H;2*1-4H;1-6H;1-5,8-9H;;1,3-4H2,2H3;;;/q;;;;;;;;-1;;+1;. The Kier molecular flexibility index (Phi) is 51.7. The summed E-state index contributed by atoms with van der Waals surface area (Å²) in [6.07, 6.45) is 2.28. The summed E-state index contributed by atoms with van der Waals surface area (Å²) < 4.78 is 206. The molecule has 147 heavy (non-hydrogen) atoms. The van der Waals surface area contributed by atoms with Crippen molar-refractivity contribution in [2.24, 2.45) is 0 Å². The van der Waals surface area contributed by atoms with Crippen molar-refractivity contribution in [1.29, 1.82) is 0 Å². The van der Waals surface area contributed by atoms with Crippen LogP contribution in [0.2, 0.25) is 0 Å². The molecule has 19 aromatic rings. The molecule has 0 radical (unpaired) electrons. The van der Waals surface area contributed by atoms with Gasteiger partial charge in [0.2, 0.25) is 11.7 Å². The zero-order chi connectivity index (χ0) is 106. The van der Waals surface area contributed by atoms with Crippen LogP contribution in [0.5, 0.6) is 0 Å². The second-order valence-electron chi connectivity index (χ2n) is 29.2. The maximum atomic E-state index is 16.2. The van der Waals surface area contributed by atoms with Gasteiger partial charge in [0.15, 0.2) is 0 Å². The Bertz CT molecular complexity index is 7910. The molecular weight excluding hydrogens is 2830 g/mol. The van der Waals surface area contributed by atoms with Crippen molar-refractivity contribution in [2.45, 2.75) is 55.3 Å². The van der Waals surface area contributed by atoms with Gasteiger partial charge in [-0.25, -0.2) is 8.78 Å². The molecule has 0 fully saturated rings. The Morgan fingerprint density at radius 2 is 0.544 bits per heavy atom. The number of rotatable bonds is 8. The van der Waals surface area contributed by atoms with Gasteiger partial charge in [-0.3, -0.25) is 0 Å². The predicted octanol–water partition coefficient (Wildman–Crippen LogP) is 36.4. The summed E-state index contributed by atoms with van der Waals surface area (Å²) in [5, 5.41) is 26.2. The fourth-order valence-electron chi connectivity index (χ4n) is 13.5. The summed E-state index contributed by atoms with van der Waals surface area (Å²) in [5.74, 6) is -40.5. The maximum Gasteiger partial charge on any atom is 1.00 e. The van der Waals surface area contributed by atoms with Crippen LogP contribution in [0.1, 0.15) is 30.9 Å². The fraction of sp³-hybridized carbons (Fsp3) is 0.0900. The zero-order valence-electron chi connectivity index (χ0n) is 74.7. The first kappa shape index (κ1) is 125. The molecule has 0 bridgehead atoms. The van der Waals surface area contributed by atoms with Gasteiger partial charge in [-0.1, -0.05) is 292 Å². The van der Waals surface area contributed by atoms with Crippen LogP contribution < -0.4 is 24.3 Å². The monoisotopic (exact) mass is 2890 g/mol. The van der Waals surface area contributed by atoms with E-state index < -0.39 is 65.5 Å². The second-order valence-corrected chi connectivity index (χ2v) is 63.5. The minimum absolute atomic E-state index is 0. The quantitative estimate of drug-likeness (QED) is 0.0904. The van der Waals surface area contributed by atoms with Crippen LogP contribution in [0.4, 0.5) is 61.5 Å². The number of benzene rings is 12. The number of alkyl halides is 12. The van der Waals surface area contributed by atoms with Crippen molar-refractivity contribution < 1.29 is 90.4 Å². The third-order valence-corrected chi connectivity index (χ3v) is 59.5. The molecule has 7 aromatic heterocycles. The Morgan fingerprint density at radius 1 is 0.306 bits per heavy atom. The Balaban J connectivity index is 0.000000178. The van der Waals surface area contributed by atoms with E-state index in [9.17, 15) is 35.1 Å².